The first-order valence-corrected chi connectivity index (χ1v) is 7.03. The SMILES string of the molecule is C[S@@](=O)c1nncn1-c1ccc(Br)cc1[N+](=O)[O-]. The highest BCUT2D eigenvalue weighted by molar-refractivity contribution is 9.10. The topological polar surface area (TPSA) is 90.9 Å². The predicted octanol–water partition coefficient (Wildman–Crippen LogP) is 1.68. The van der Waals surface area contributed by atoms with Crippen molar-refractivity contribution in [1.82, 2.24) is 14.8 Å². The number of aromatic nitrogens is 3. The molecule has 0 spiro atoms. The number of nitrogens with zero attached hydrogens (tertiary/aromatic N) is 4. The Kier molecular flexibility index (Phi) is 3.53. The van der Waals surface area contributed by atoms with E-state index in [4.69, 9.17) is 0 Å². The summed E-state index contributed by atoms with van der Waals surface area (Å²) in [5, 5.41) is 18.5. The van der Waals surface area contributed by atoms with Gasteiger partial charge < -0.3 is 0 Å². The van der Waals surface area contributed by atoms with Crippen molar-refractivity contribution in [3.05, 3.63) is 39.1 Å². The van der Waals surface area contributed by atoms with Gasteiger partial charge in [0.2, 0.25) is 5.16 Å². The molecule has 0 saturated heterocycles. The van der Waals surface area contributed by atoms with Crippen LogP contribution in [0.3, 0.4) is 0 Å². The van der Waals surface area contributed by atoms with Gasteiger partial charge in [-0.2, -0.15) is 0 Å². The summed E-state index contributed by atoms with van der Waals surface area (Å²) in [5.41, 5.74) is 0.161. The zero-order chi connectivity index (χ0) is 13.3. The zero-order valence-corrected chi connectivity index (χ0v) is 11.5. The van der Waals surface area contributed by atoms with Crippen LogP contribution in [0, 0.1) is 10.1 Å². The highest BCUT2D eigenvalue weighted by Gasteiger charge is 2.19. The molecule has 0 bridgehead atoms. The van der Waals surface area contributed by atoms with Gasteiger partial charge in [-0.05, 0) is 12.1 Å². The highest BCUT2D eigenvalue weighted by atomic mass is 79.9. The van der Waals surface area contributed by atoms with Crippen LogP contribution in [-0.4, -0.2) is 30.2 Å². The van der Waals surface area contributed by atoms with Crippen LogP contribution in [0.2, 0.25) is 0 Å². The van der Waals surface area contributed by atoms with Gasteiger partial charge in [-0.15, -0.1) is 10.2 Å². The summed E-state index contributed by atoms with van der Waals surface area (Å²) in [6, 6.07) is 4.57. The van der Waals surface area contributed by atoms with E-state index in [9.17, 15) is 14.3 Å². The smallest absolute Gasteiger partial charge is 0.268 e. The fourth-order valence-electron chi connectivity index (χ4n) is 1.43. The highest BCUT2D eigenvalue weighted by Crippen LogP contribution is 2.27. The van der Waals surface area contributed by atoms with Crippen LogP contribution < -0.4 is 0 Å². The molecule has 94 valence electrons. The summed E-state index contributed by atoms with van der Waals surface area (Å²) in [6.07, 6.45) is 2.73. The minimum Gasteiger partial charge on any atom is -0.268 e. The summed E-state index contributed by atoms with van der Waals surface area (Å²) in [5.74, 6) is 0. The lowest BCUT2D eigenvalue weighted by Crippen LogP contribution is -2.04. The van der Waals surface area contributed by atoms with E-state index in [1.165, 1.54) is 23.2 Å². The molecule has 0 radical (unpaired) electrons. The minimum atomic E-state index is -1.38. The van der Waals surface area contributed by atoms with Crippen molar-refractivity contribution in [2.24, 2.45) is 0 Å². The van der Waals surface area contributed by atoms with Crippen LogP contribution >= 0.6 is 15.9 Å². The number of hydrogen-bond acceptors (Lipinski definition) is 5. The summed E-state index contributed by atoms with van der Waals surface area (Å²) < 4.78 is 13.4. The molecular formula is C9H7BrN4O3S. The maximum atomic E-state index is 11.5. The van der Waals surface area contributed by atoms with Gasteiger partial charge in [0.05, 0.1) is 15.7 Å². The molecule has 1 heterocycles. The van der Waals surface area contributed by atoms with Crippen LogP contribution in [0.15, 0.2) is 34.2 Å². The van der Waals surface area contributed by atoms with Gasteiger partial charge in [-0.25, -0.2) is 0 Å². The van der Waals surface area contributed by atoms with Crippen molar-refractivity contribution in [1.29, 1.82) is 0 Å². The van der Waals surface area contributed by atoms with Crippen LogP contribution in [0.1, 0.15) is 0 Å². The normalized spacial score (nSPS) is 12.3. The Balaban J connectivity index is 2.67. The maximum Gasteiger partial charge on any atom is 0.294 e. The Labute approximate surface area is 113 Å². The second-order valence-electron chi connectivity index (χ2n) is 3.33. The van der Waals surface area contributed by atoms with E-state index >= 15 is 0 Å². The molecule has 0 aliphatic heterocycles. The number of halogens is 1. The molecule has 1 aromatic carbocycles. The molecular weight excluding hydrogens is 324 g/mol. The average Bonchev–Trinajstić information content (AvgIpc) is 2.77. The van der Waals surface area contributed by atoms with Gasteiger partial charge >= 0.3 is 0 Å². The van der Waals surface area contributed by atoms with Crippen LogP contribution in [0.25, 0.3) is 5.69 Å². The Hall–Kier alpha value is -1.61. The van der Waals surface area contributed by atoms with Crippen molar-refractivity contribution in [2.45, 2.75) is 5.16 Å². The Morgan fingerprint density at radius 1 is 1.50 bits per heavy atom. The third-order valence-electron chi connectivity index (χ3n) is 2.17. The molecule has 0 amide bonds. The minimum absolute atomic E-state index is 0.115. The summed E-state index contributed by atoms with van der Waals surface area (Å²) in [6.45, 7) is 0. The summed E-state index contributed by atoms with van der Waals surface area (Å²) in [7, 11) is -1.38. The number of hydrogen-bond donors (Lipinski definition) is 0. The van der Waals surface area contributed by atoms with E-state index in [-0.39, 0.29) is 16.5 Å². The fraction of sp³-hybridized carbons (Fsp3) is 0.111. The second-order valence-corrected chi connectivity index (χ2v) is 5.52. The Bertz CT molecular complexity index is 642. The van der Waals surface area contributed by atoms with Crippen molar-refractivity contribution in [3.8, 4) is 5.69 Å². The first kappa shape index (κ1) is 12.8. The van der Waals surface area contributed by atoms with Crippen molar-refractivity contribution in [2.75, 3.05) is 6.26 Å². The van der Waals surface area contributed by atoms with Crippen molar-refractivity contribution in [3.63, 3.8) is 0 Å². The lowest BCUT2D eigenvalue weighted by Gasteiger charge is -2.05. The molecule has 2 rings (SSSR count). The zero-order valence-electron chi connectivity index (χ0n) is 9.11. The molecule has 18 heavy (non-hydrogen) atoms. The Morgan fingerprint density at radius 3 is 2.83 bits per heavy atom. The lowest BCUT2D eigenvalue weighted by atomic mass is 10.2. The van der Waals surface area contributed by atoms with E-state index in [0.717, 1.165) is 0 Å². The molecule has 0 aliphatic rings. The third kappa shape index (κ3) is 2.31. The second kappa shape index (κ2) is 4.94. The van der Waals surface area contributed by atoms with Crippen LogP contribution in [-0.2, 0) is 10.8 Å². The molecule has 2 aromatic rings. The van der Waals surface area contributed by atoms with E-state index in [1.807, 2.05) is 0 Å². The van der Waals surface area contributed by atoms with E-state index in [0.29, 0.717) is 4.47 Å². The molecule has 0 N–H and O–H groups in total. The molecule has 1 aromatic heterocycles. The molecule has 0 aliphatic carbocycles. The molecule has 0 unspecified atom stereocenters. The number of rotatable bonds is 3. The maximum absolute atomic E-state index is 11.5. The van der Waals surface area contributed by atoms with Crippen LogP contribution in [0.4, 0.5) is 5.69 Å². The van der Waals surface area contributed by atoms with Gasteiger partial charge in [-0.3, -0.25) is 18.9 Å². The van der Waals surface area contributed by atoms with Gasteiger partial charge in [0.15, 0.2) is 0 Å². The largest absolute Gasteiger partial charge is 0.294 e. The number of nitro groups is 1. The van der Waals surface area contributed by atoms with Gasteiger partial charge in [0, 0.05) is 16.8 Å². The van der Waals surface area contributed by atoms with E-state index in [1.54, 1.807) is 12.1 Å². The average molecular weight is 331 g/mol. The molecule has 9 heteroatoms. The summed E-state index contributed by atoms with van der Waals surface area (Å²) in [4.78, 5) is 10.5. The van der Waals surface area contributed by atoms with Gasteiger partial charge in [0.1, 0.15) is 12.0 Å². The fourth-order valence-corrected chi connectivity index (χ4v) is 2.37. The third-order valence-corrected chi connectivity index (χ3v) is 3.45. The first-order chi connectivity index (χ1) is 8.50. The quantitative estimate of drug-likeness (QED) is 0.630. The summed E-state index contributed by atoms with van der Waals surface area (Å²) >= 11 is 3.17. The molecule has 0 saturated carbocycles. The predicted molar refractivity (Wildman–Crippen MR) is 68.0 cm³/mol. The molecule has 1 atom stereocenters. The molecule has 0 fully saturated rings. The van der Waals surface area contributed by atoms with Crippen molar-refractivity contribution >= 4 is 32.4 Å². The number of benzene rings is 1. The van der Waals surface area contributed by atoms with Crippen molar-refractivity contribution < 1.29 is 9.13 Å². The monoisotopic (exact) mass is 330 g/mol. The standard InChI is InChI=1S/C9H7BrN4O3S/c1-18(17)9-12-11-5-13(9)7-3-2-6(10)4-8(7)14(15)16/h2-5H,1H3/t18-/m1/s1. The van der Waals surface area contributed by atoms with E-state index in [2.05, 4.69) is 26.1 Å². The van der Waals surface area contributed by atoms with E-state index < -0.39 is 15.7 Å². The van der Waals surface area contributed by atoms with Crippen LogP contribution in [0.5, 0.6) is 0 Å². The molecule has 7 nitrogen and oxygen atoms in total. The van der Waals surface area contributed by atoms with Gasteiger partial charge in [0.25, 0.3) is 5.69 Å². The first-order valence-electron chi connectivity index (χ1n) is 4.68. The lowest BCUT2D eigenvalue weighted by molar-refractivity contribution is -0.384. The Morgan fingerprint density at radius 2 is 2.22 bits per heavy atom. The number of nitro benzene ring substituents is 1. The van der Waals surface area contributed by atoms with Gasteiger partial charge in [-0.1, -0.05) is 15.9 Å².